The zero-order valence-electron chi connectivity index (χ0n) is 17.0. The normalized spacial score (nSPS) is 28.1. The van der Waals surface area contributed by atoms with Crippen LogP contribution in [0.3, 0.4) is 0 Å². The third-order valence-electron chi connectivity index (χ3n) is 6.00. The van der Waals surface area contributed by atoms with Gasteiger partial charge < -0.3 is 0 Å². The van der Waals surface area contributed by atoms with Crippen molar-refractivity contribution in [2.24, 2.45) is 16.3 Å². The Labute approximate surface area is 165 Å². The SMILES string of the molecule is CN1C(=O)C[C@H](N2CCN(CCN=CC3C(=O)CC(C)(C)CC3=O)CC2)C1=O. The van der Waals surface area contributed by atoms with Gasteiger partial charge in [-0.1, -0.05) is 13.8 Å². The number of amides is 2. The summed E-state index contributed by atoms with van der Waals surface area (Å²) >= 11 is 0. The topological polar surface area (TPSA) is 90.4 Å². The molecule has 8 nitrogen and oxygen atoms in total. The van der Waals surface area contributed by atoms with Crippen molar-refractivity contribution in [3.05, 3.63) is 0 Å². The third kappa shape index (κ3) is 4.55. The molecule has 3 fully saturated rings. The number of likely N-dealkylation sites (tertiary alicyclic amines) is 1. The summed E-state index contributed by atoms with van der Waals surface area (Å²) in [6.45, 7) is 8.31. The molecule has 0 radical (unpaired) electrons. The first-order chi connectivity index (χ1) is 13.2. The average Bonchev–Trinajstić information content (AvgIpc) is 2.87. The van der Waals surface area contributed by atoms with Gasteiger partial charge in [-0.15, -0.1) is 0 Å². The Balaban J connectivity index is 1.41. The summed E-state index contributed by atoms with van der Waals surface area (Å²) in [4.78, 5) is 58.1. The molecule has 3 aliphatic rings. The predicted octanol–water partition coefficient (Wildman–Crippen LogP) is 0.00650. The van der Waals surface area contributed by atoms with Crippen LogP contribution in [0, 0.1) is 11.3 Å². The number of carbonyl (C=O) groups is 4. The van der Waals surface area contributed by atoms with Crippen LogP contribution in [-0.4, -0.2) is 96.7 Å². The zero-order valence-corrected chi connectivity index (χ0v) is 17.0. The molecule has 0 aromatic heterocycles. The molecule has 8 heteroatoms. The van der Waals surface area contributed by atoms with Gasteiger partial charge in [0.2, 0.25) is 11.8 Å². The third-order valence-corrected chi connectivity index (χ3v) is 6.00. The van der Waals surface area contributed by atoms with Gasteiger partial charge in [0, 0.05) is 58.8 Å². The van der Waals surface area contributed by atoms with Gasteiger partial charge in [0.15, 0.2) is 0 Å². The first-order valence-corrected chi connectivity index (χ1v) is 10.0. The number of aliphatic imine (C=N–C) groups is 1. The highest BCUT2D eigenvalue weighted by Gasteiger charge is 2.41. The Morgan fingerprint density at radius 2 is 1.64 bits per heavy atom. The molecule has 1 saturated carbocycles. The molecule has 3 rings (SSSR count). The maximum absolute atomic E-state index is 12.2. The summed E-state index contributed by atoms with van der Waals surface area (Å²) in [6.07, 6.45) is 2.67. The van der Waals surface area contributed by atoms with E-state index in [1.165, 1.54) is 11.1 Å². The molecule has 0 unspecified atom stereocenters. The largest absolute Gasteiger partial charge is 0.299 e. The van der Waals surface area contributed by atoms with Crippen LogP contribution in [0.2, 0.25) is 0 Å². The first-order valence-electron chi connectivity index (χ1n) is 10.0. The van der Waals surface area contributed by atoms with E-state index in [1.807, 2.05) is 13.8 Å². The molecular weight excluding hydrogens is 360 g/mol. The van der Waals surface area contributed by atoms with Crippen molar-refractivity contribution < 1.29 is 19.2 Å². The summed E-state index contributed by atoms with van der Waals surface area (Å²) in [5.74, 6) is -0.943. The molecule has 0 spiro atoms. The highest BCUT2D eigenvalue weighted by molar-refractivity contribution is 6.16. The van der Waals surface area contributed by atoms with Crippen molar-refractivity contribution in [3.8, 4) is 0 Å². The van der Waals surface area contributed by atoms with E-state index in [-0.39, 0.29) is 41.3 Å². The van der Waals surface area contributed by atoms with E-state index in [2.05, 4.69) is 14.8 Å². The minimum Gasteiger partial charge on any atom is -0.299 e. The van der Waals surface area contributed by atoms with Crippen molar-refractivity contribution in [1.82, 2.24) is 14.7 Å². The number of hydrogen-bond donors (Lipinski definition) is 0. The molecule has 2 aliphatic heterocycles. The fraction of sp³-hybridized carbons (Fsp3) is 0.750. The van der Waals surface area contributed by atoms with Gasteiger partial charge in [-0.05, 0) is 5.41 Å². The second kappa shape index (κ2) is 8.21. The zero-order chi connectivity index (χ0) is 20.5. The van der Waals surface area contributed by atoms with Crippen LogP contribution in [0.15, 0.2) is 4.99 Å². The molecule has 1 aliphatic carbocycles. The molecule has 0 N–H and O–H groups in total. The van der Waals surface area contributed by atoms with Crippen molar-refractivity contribution >= 4 is 29.6 Å². The molecule has 0 aromatic carbocycles. The number of piperazine rings is 1. The van der Waals surface area contributed by atoms with Crippen LogP contribution in [0.25, 0.3) is 0 Å². The Bertz CT molecular complexity index is 674. The number of nitrogens with zero attached hydrogens (tertiary/aromatic N) is 4. The van der Waals surface area contributed by atoms with Crippen molar-refractivity contribution in [2.75, 3.05) is 46.3 Å². The van der Waals surface area contributed by atoms with Crippen LogP contribution in [0.4, 0.5) is 0 Å². The van der Waals surface area contributed by atoms with E-state index < -0.39 is 5.92 Å². The number of ketones is 2. The summed E-state index contributed by atoms with van der Waals surface area (Å²) < 4.78 is 0. The fourth-order valence-electron chi connectivity index (χ4n) is 4.27. The lowest BCUT2D eigenvalue weighted by Crippen LogP contribution is -2.52. The van der Waals surface area contributed by atoms with Gasteiger partial charge in [0.25, 0.3) is 0 Å². The Kier molecular flexibility index (Phi) is 6.09. The minimum atomic E-state index is -0.673. The minimum absolute atomic E-state index is 0.0284. The molecular formula is C20H30N4O4. The molecule has 2 saturated heterocycles. The Hall–Kier alpha value is -1.93. The highest BCUT2D eigenvalue weighted by atomic mass is 16.2. The van der Waals surface area contributed by atoms with E-state index in [0.29, 0.717) is 19.4 Å². The van der Waals surface area contributed by atoms with Crippen molar-refractivity contribution in [2.45, 2.75) is 39.2 Å². The fourth-order valence-corrected chi connectivity index (χ4v) is 4.27. The van der Waals surface area contributed by atoms with Gasteiger partial charge in [0.05, 0.1) is 19.0 Å². The number of rotatable bonds is 5. The lowest BCUT2D eigenvalue weighted by Gasteiger charge is -2.36. The molecule has 154 valence electrons. The molecule has 28 heavy (non-hydrogen) atoms. The Morgan fingerprint density at radius 1 is 1.04 bits per heavy atom. The van der Waals surface area contributed by atoms with Gasteiger partial charge in [0.1, 0.15) is 17.5 Å². The van der Waals surface area contributed by atoms with E-state index >= 15 is 0 Å². The average molecular weight is 390 g/mol. The quantitative estimate of drug-likeness (QED) is 0.373. The molecule has 2 heterocycles. The number of likely N-dealkylation sites (N-methyl/N-ethyl adjacent to an activating group) is 1. The smallest absolute Gasteiger partial charge is 0.246 e. The molecule has 2 amide bonds. The maximum atomic E-state index is 12.2. The van der Waals surface area contributed by atoms with Crippen LogP contribution in [0.1, 0.15) is 33.1 Å². The van der Waals surface area contributed by atoms with E-state index in [0.717, 1.165) is 32.7 Å². The molecule has 0 bridgehead atoms. The lowest BCUT2D eigenvalue weighted by atomic mass is 9.72. The number of Topliss-reactive ketones (excluding diaryl/α,β-unsaturated/α-hetero) is 2. The standard InChI is InChI=1S/C20H30N4O4/c1-20(2)11-16(25)14(17(26)12-20)13-21-4-5-23-6-8-24(9-7-23)15-10-18(27)22(3)19(15)28/h13-15H,4-12H2,1-3H3/t15-/m0/s1. The maximum Gasteiger partial charge on any atom is 0.246 e. The van der Waals surface area contributed by atoms with Gasteiger partial charge in [-0.2, -0.15) is 0 Å². The number of hydrogen-bond acceptors (Lipinski definition) is 7. The van der Waals surface area contributed by atoms with E-state index in [9.17, 15) is 19.2 Å². The van der Waals surface area contributed by atoms with Crippen molar-refractivity contribution in [1.29, 1.82) is 0 Å². The van der Waals surface area contributed by atoms with Gasteiger partial charge in [-0.3, -0.25) is 38.9 Å². The monoisotopic (exact) mass is 390 g/mol. The summed E-state index contributed by atoms with van der Waals surface area (Å²) in [5.41, 5.74) is -0.238. The van der Waals surface area contributed by atoms with Crippen LogP contribution < -0.4 is 0 Å². The van der Waals surface area contributed by atoms with E-state index in [4.69, 9.17) is 0 Å². The van der Waals surface area contributed by atoms with Crippen LogP contribution in [0.5, 0.6) is 0 Å². The van der Waals surface area contributed by atoms with Crippen LogP contribution in [-0.2, 0) is 19.2 Å². The first kappa shape index (κ1) is 20.8. The van der Waals surface area contributed by atoms with Gasteiger partial charge in [-0.25, -0.2) is 0 Å². The van der Waals surface area contributed by atoms with Crippen LogP contribution >= 0.6 is 0 Å². The Morgan fingerprint density at radius 3 is 2.18 bits per heavy atom. The predicted molar refractivity (Wildman–Crippen MR) is 104 cm³/mol. The number of imide groups is 1. The molecule has 1 atom stereocenters. The summed E-state index contributed by atoms with van der Waals surface area (Å²) in [7, 11) is 1.54. The van der Waals surface area contributed by atoms with Crippen molar-refractivity contribution in [3.63, 3.8) is 0 Å². The molecule has 0 aromatic rings. The second-order valence-corrected chi connectivity index (χ2v) is 8.87. The number of carbonyl (C=O) groups excluding carboxylic acids is 4. The summed E-state index contributed by atoms with van der Waals surface area (Å²) in [6, 6.07) is -0.315. The van der Waals surface area contributed by atoms with Gasteiger partial charge >= 0.3 is 0 Å². The highest BCUT2D eigenvalue weighted by Crippen LogP contribution is 2.33. The van der Waals surface area contributed by atoms with E-state index in [1.54, 1.807) is 7.05 Å². The second-order valence-electron chi connectivity index (χ2n) is 8.87. The summed E-state index contributed by atoms with van der Waals surface area (Å²) in [5, 5.41) is 0. The lowest BCUT2D eigenvalue weighted by molar-refractivity contribution is -0.139.